The molecule has 3 rings (SSSR count). The molecule has 2 aliphatic carbocycles. The molecule has 0 spiro atoms. The smallest absolute Gasteiger partial charge is 0.386 e. The molecule has 0 unspecified atom stereocenters. The highest BCUT2D eigenvalue weighted by molar-refractivity contribution is 8.00. The molecule has 0 N–H and O–H groups in total. The summed E-state index contributed by atoms with van der Waals surface area (Å²) in [6, 6.07) is 9.51. The van der Waals surface area contributed by atoms with E-state index >= 15 is 0 Å². The van der Waals surface area contributed by atoms with E-state index in [9.17, 15) is 14.9 Å². The summed E-state index contributed by atoms with van der Waals surface area (Å²) in [4.78, 5) is 24.9. The van der Waals surface area contributed by atoms with Crippen molar-refractivity contribution in [1.82, 2.24) is 0 Å². The Bertz CT molecular complexity index is 618. The number of hydrogen-bond donors (Lipinski definition) is 0. The summed E-state index contributed by atoms with van der Waals surface area (Å²) in [5.41, 5.74) is -1.67. The zero-order valence-corrected chi connectivity index (χ0v) is 13.0. The van der Waals surface area contributed by atoms with Crippen molar-refractivity contribution in [2.24, 2.45) is 11.8 Å². The molecular formula is C16H17NO4S. The number of fused-ring (bicyclic) bond motifs is 2. The summed E-state index contributed by atoms with van der Waals surface area (Å²) in [6.45, 7) is 1.83. The largest absolute Gasteiger partial charge is 0.461 e. The molecule has 1 fully saturated rings. The van der Waals surface area contributed by atoms with Gasteiger partial charge < -0.3 is 4.74 Å². The van der Waals surface area contributed by atoms with E-state index in [0.717, 1.165) is 4.90 Å². The van der Waals surface area contributed by atoms with Crippen LogP contribution >= 0.6 is 11.8 Å². The molecule has 0 aliphatic heterocycles. The quantitative estimate of drug-likeness (QED) is 0.361. The minimum atomic E-state index is -1.67. The van der Waals surface area contributed by atoms with Gasteiger partial charge in [0.15, 0.2) is 0 Å². The van der Waals surface area contributed by atoms with E-state index in [1.165, 1.54) is 11.8 Å². The minimum Gasteiger partial charge on any atom is -0.461 e. The Balaban J connectivity index is 2.00. The number of carbonyl (C=O) groups excluding carboxylic acids is 1. The average molecular weight is 319 g/mol. The summed E-state index contributed by atoms with van der Waals surface area (Å²) in [7, 11) is 0. The predicted octanol–water partition coefficient (Wildman–Crippen LogP) is 2.93. The van der Waals surface area contributed by atoms with Gasteiger partial charge in [0.25, 0.3) is 0 Å². The summed E-state index contributed by atoms with van der Waals surface area (Å²) in [5, 5.41) is 11.5. The van der Waals surface area contributed by atoms with Crippen LogP contribution in [0, 0.1) is 22.0 Å². The zero-order valence-electron chi connectivity index (χ0n) is 12.2. The van der Waals surface area contributed by atoms with Gasteiger partial charge in [-0.15, -0.1) is 11.8 Å². The molecule has 4 atom stereocenters. The Morgan fingerprint density at radius 2 is 2.14 bits per heavy atom. The first-order valence-electron chi connectivity index (χ1n) is 7.32. The Kier molecular flexibility index (Phi) is 3.95. The van der Waals surface area contributed by atoms with E-state index in [0.29, 0.717) is 6.42 Å². The van der Waals surface area contributed by atoms with Gasteiger partial charge in [-0.3, -0.25) is 10.1 Å². The fourth-order valence-corrected chi connectivity index (χ4v) is 4.99. The number of ether oxygens (including phenoxy) is 1. The third-order valence-corrected chi connectivity index (χ3v) is 5.92. The second-order valence-electron chi connectivity index (χ2n) is 5.55. The Labute approximate surface area is 132 Å². The van der Waals surface area contributed by atoms with Crippen LogP contribution in [-0.2, 0) is 9.53 Å². The van der Waals surface area contributed by atoms with E-state index in [1.54, 1.807) is 6.92 Å². The van der Waals surface area contributed by atoms with Crippen LogP contribution < -0.4 is 0 Å². The van der Waals surface area contributed by atoms with Crippen molar-refractivity contribution in [1.29, 1.82) is 0 Å². The maximum atomic E-state index is 12.5. The summed E-state index contributed by atoms with van der Waals surface area (Å²) < 4.78 is 5.08. The Morgan fingerprint density at radius 3 is 2.77 bits per heavy atom. The topological polar surface area (TPSA) is 69.4 Å². The van der Waals surface area contributed by atoms with Crippen molar-refractivity contribution in [3.63, 3.8) is 0 Å². The van der Waals surface area contributed by atoms with Gasteiger partial charge in [-0.2, -0.15) is 0 Å². The number of carbonyl (C=O) groups is 1. The summed E-state index contributed by atoms with van der Waals surface area (Å²) >= 11 is 1.41. The van der Waals surface area contributed by atoms with Crippen molar-refractivity contribution in [3.05, 3.63) is 52.6 Å². The molecule has 0 radical (unpaired) electrons. The fourth-order valence-electron chi connectivity index (χ4n) is 3.47. The molecule has 0 amide bonds. The molecule has 0 heterocycles. The van der Waals surface area contributed by atoms with Crippen LogP contribution in [0.3, 0.4) is 0 Å². The van der Waals surface area contributed by atoms with E-state index in [4.69, 9.17) is 4.74 Å². The first kappa shape index (κ1) is 15.1. The van der Waals surface area contributed by atoms with Gasteiger partial charge in [-0.1, -0.05) is 30.4 Å². The van der Waals surface area contributed by atoms with Gasteiger partial charge in [0.05, 0.1) is 17.8 Å². The lowest BCUT2D eigenvalue weighted by Gasteiger charge is -2.31. The zero-order chi connectivity index (χ0) is 15.7. The van der Waals surface area contributed by atoms with Crippen LogP contribution in [0.1, 0.15) is 13.3 Å². The van der Waals surface area contributed by atoms with Crippen molar-refractivity contribution < 1.29 is 14.5 Å². The standard InChI is InChI=1S/C16H17NO4S/c1-2-21-15(18)16(17(19)20)12-9-8-11(10-12)14(16)22-13-6-4-3-5-7-13/h3-9,11-12,14H,2,10H2,1H3/t11-,12+,14+,16-/m1/s1. The SMILES string of the molecule is CCOC(=O)[C@@]1([N+](=O)[O-])[C@H]2C=C[C@H](C2)[C@@H]1Sc1ccccc1. The summed E-state index contributed by atoms with van der Waals surface area (Å²) in [5.74, 6) is -1.05. The molecular weight excluding hydrogens is 302 g/mol. The molecule has 22 heavy (non-hydrogen) atoms. The first-order valence-corrected chi connectivity index (χ1v) is 8.20. The molecule has 1 aromatic carbocycles. The maximum Gasteiger partial charge on any atom is 0.386 e. The van der Waals surface area contributed by atoms with Crippen LogP contribution in [0.25, 0.3) is 0 Å². The number of thioether (sulfide) groups is 1. The number of nitro groups is 1. The molecule has 6 heteroatoms. The molecule has 1 saturated carbocycles. The number of nitrogens with zero attached hydrogens (tertiary/aromatic N) is 1. The second kappa shape index (κ2) is 5.76. The minimum absolute atomic E-state index is 0.0324. The van der Waals surface area contributed by atoms with Crippen molar-refractivity contribution in [2.75, 3.05) is 6.61 Å². The molecule has 0 saturated heterocycles. The number of benzene rings is 1. The summed E-state index contributed by atoms with van der Waals surface area (Å²) in [6.07, 6.45) is 4.46. The van der Waals surface area contributed by atoms with Crippen LogP contribution in [0.15, 0.2) is 47.4 Å². The van der Waals surface area contributed by atoms with Gasteiger partial charge in [-0.05, 0) is 31.4 Å². The average Bonchev–Trinajstić information content (AvgIpc) is 3.08. The highest BCUT2D eigenvalue weighted by Gasteiger charge is 2.71. The molecule has 116 valence electrons. The van der Waals surface area contributed by atoms with Crippen LogP contribution in [0.2, 0.25) is 0 Å². The van der Waals surface area contributed by atoms with Gasteiger partial charge in [0.1, 0.15) is 0 Å². The Hall–Kier alpha value is -1.82. The normalized spacial score (nSPS) is 32.1. The van der Waals surface area contributed by atoms with E-state index in [-0.39, 0.29) is 18.4 Å². The lowest BCUT2D eigenvalue weighted by molar-refractivity contribution is -0.559. The number of esters is 1. The van der Waals surface area contributed by atoms with Crippen molar-refractivity contribution in [3.8, 4) is 0 Å². The van der Waals surface area contributed by atoms with Crippen LogP contribution in [-0.4, -0.2) is 28.3 Å². The van der Waals surface area contributed by atoms with Crippen LogP contribution in [0.5, 0.6) is 0 Å². The van der Waals surface area contributed by atoms with Crippen LogP contribution in [0.4, 0.5) is 0 Å². The highest BCUT2D eigenvalue weighted by Crippen LogP contribution is 2.55. The van der Waals surface area contributed by atoms with Gasteiger partial charge in [0, 0.05) is 9.82 Å². The second-order valence-corrected chi connectivity index (χ2v) is 6.76. The van der Waals surface area contributed by atoms with E-state index < -0.39 is 21.7 Å². The number of rotatable bonds is 5. The lowest BCUT2D eigenvalue weighted by Crippen LogP contribution is -2.58. The molecule has 2 bridgehead atoms. The molecule has 1 aromatic rings. The fraction of sp³-hybridized carbons (Fsp3) is 0.438. The van der Waals surface area contributed by atoms with Crippen molar-refractivity contribution in [2.45, 2.75) is 29.0 Å². The van der Waals surface area contributed by atoms with E-state index in [1.807, 2.05) is 42.5 Å². The lowest BCUT2D eigenvalue weighted by atomic mass is 9.84. The molecule has 5 nitrogen and oxygen atoms in total. The predicted molar refractivity (Wildman–Crippen MR) is 83.2 cm³/mol. The first-order chi connectivity index (χ1) is 10.6. The highest BCUT2D eigenvalue weighted by atomic mass is 32.2. The van der Waals surface area contributed by atoms with Gasteiger partial charge >= 0.3 is 11.5 Å². The monoisotopic (exact) mass is 319 g/mol. The van der Waals surface area contributed by atoms with E-state index in [2.05, 4.69) is 0 Å². The third kappa shape index (κ3) is 2.13. The molecule has 0 aromatic heterocycles. The Morgan fingerprint density at radius 1 is 1.41 bits per heavy atom. The van der Waals surface area contributed by atoms with Gasteiger partial charge in [-0.25, -0.2) is 4.79 Å². The third-order valence-electron chi connectivity index (χ3n) is 4.42. The maximum absolute atomic E-state index is 12.5. The van der Waals surface area contributed by atoms with Gasteiger partial charge in [0.2, 0.25) is 0 Å². The molecule has 2 aliphatic rings. The van der Waals surface area contributed by atoms with Crippen molar-refractivity contribution >= 4 is 17.7 Å². The number of hydrogen-bond acceptors (Lipinski definition) is 5. The number of allylic oxidation sites excluding steroid dienone is 1.